The van der Waals surface area contributed by atoms with Crippen LogP contribution in [0.3, 0.4) is 0 Å². The Balaban J connectivity index is 2.87. The zero-order valence-corrected chi connectivity index (χ0v) is 10.1. The van der Waals surface area contributed by atoms with Gasteiger partial charge in [-0.1, -0.05) is 13.8 Å². The van der Waals surface area contributed by atoms with Crippen LogP contribution in [0.25, 0.3) is 0 Å². The quantitative estimate of drug-likeness (QED) is 0.776. The molecule has 0 aromatic heterocycles. The molecule has 0 fully saturated rings. The van der Waals surface area contributed by atoms with Gasteiger partial charge in [-0.05, 0) is 37.2 Å². The molecule has 3 heteroatoms. The Morgan fingerprint density at radius 3 is 2.31 bits per heavy atom. The van der Waals surface area contributed by atoms with Crippen molar-refractivity contribution in [2.75, 3.05) is 13.7 Å². The number of carbonyl (C=O) groups excluding carboxylic acids is 1. The van der Waals surface area contributed by atoms with E-state index in [9.17, 15) is 4.79 Å². The van der Waals surface area contributed by atoms with Crippen LogP contribution in [0.5, 0.6) is 5.75 Å². The molecule has 0 amide bonds. The molecule has 0 atom stereocenters. The van der Waals surface area contributed by atoms with E-state index in [2.05, 4.69) is 0 Å². The van der Waals surface area contributed by atoms with Crippen molar-refractivity contribution in [3.63, 3.8) is 0 Å². The minimum Gasteiger partial charge on any atom is -0.497 e. The number of rotatable bonds is 5. The van der Waals surface area contributed by atoms with Gasteiger partial charge in [-0.25, -0.2) is 0 Å². The highest BCUT2D eigenvalue weighted by Gasteiger charge is 2.27. The molecule has 1 rings (SSSR count). The highest BCUT2D eigenvalue weighted by atomic mass is 16.5. The van der Waals surface area contributed by atoms with E-state index in [1.54, 1.807) is 31.4 Å². The number of hydrogen-bond donors (Lipinski definition) is 1. The molecule has 3 nitrogen and oxygen atoms in total. The molecule has 0 unspecified atom stereocenters. The van der Waals surface area contributed by atoms with Crippen molar-refractivity contribution >= 4 is 5.78 Å². The second-order valence-electron chi connectivity index (χ2n) is 4.48. The lowest BCUT2D eigenvalue weighted by Gasteiger charge is -2.22. The first-order valence-electron chi connectivity index (χ1n) is 5.40. The van der Waals surface area contributed by atoms with E-state index in [4.69, 9.17) is 10.5 Å². The summed E-state index contributed by atoms with van der Waals surface area (Å²) in [6.45, 7) is 4.37. The molecule has 0 aliphatic heterocycles. The molecule has 0 aliphatic rings. The Labute approximate surface area is 96.6 Å². The van der Waals surface area contributed by atoms with Gasteiger partial charge in [0.15, 0.2) is 5.78 Å². The molecule has 0 radical (unpaired) electrons. The lowest BCUT2D eigenvalue weighted by molar-refractivity contribution is 0.0829. The predicted molar refractivity (Wildman–Crippen MR) is 64.8 cm³/mol. The molecular weight excluding hydrogens is 202 g/mol. The van der Waals surface area contributed by atoms with E-state index in [-0.39, 0.29) is 5.78 Å². The maximum atomic E-state index is 12.2. The van der Waals surface area contributed by atoms with Crippen molar-refractivity contribution in [1.29, 1.82) is 0 Å². The summed E-state index contributed by atoms with van der Waals surface area (Å²) in [6.07, 6.45) is 0.692. The first kappa shape index (κ1) is 12.7. The van der Waals surface area contributed by atoms with E-state index in [1.165, 1.54) is 0 Å². The van der Waals surface area contributed by atoms with Crippen molar-refractivity contribution < 1.29 is 9.53 Å². The highest BCUT2D eigenvalue weighted by Crippen LogP contribution is 2.26. The third-order valence-electron chi connectivity index (χ3n) is 2.74. The van der Waals surface area contributed by atoms with Gasteiger partial charge < -0.3 is 10.5 Å². The smallest absolute Gasteiger partial charge is 0.168 e. The maximum Gasteiger partial charge on any atom is 0.168 e. The van der Waals surface area contributed by atoms with Gasteiger partial charge in [0, 0.05) is 11.0 Å². The van der Waals surface area contributed by atoms with E-state index in [0.717, 1.165) is 5.75 Å². The molecule has 0 saturated carbocycles. The average molecular weight is 221 g/mol. The second kappa shape index (κ2) is 5.12. The molecule has 88 valence electrons. The van der Waals surface area contributed by atoms with E-state index >= 15 is 0 Å². The third kappa shape index (κ3) is 2.83. The van der Waals surface area contributed by atoms with E-state index < -0.39 is 5.41 Å². The van der Waals surface area contributed by atoms with Gasteiger partial charge in [0.05, 0.1) is 7.11 Å². The van der Waals surface area contributed by atoms with Gasteiger partial charge in [0.25, 0.3) is 0 Å². The van der Waals surface area contributed by atoms with Crippen LogP contribution in [0, 0.1) is 5.41 Å². The van der Waals surface area contributed by atoms with Crippen LogP contribution in [-0.4, -0.2) is 19.4 Å². The first-order chi connectivity index (χ1) is 7.51. The van der Waals surface area contributed by atoms with E-state index in [1.807, 2.05) is 13.8 Å². The fourth-order valence-electron chi connectivity index (χ4n) is 1.61. The summed E-state index contributed by atoms with van der Waals surface area (Å²) in [5, 5.41) is 0. The summed E-state index contributed by atoms with van der Waals surface area (Å²) in [7, 11) is 1.61. The summed E-state index contributed by atoms with van der Waals surface area (Å²) >= 11 is 0. The molecule has 1 aromatic carbocycles. The zero-order valence-electron chi connectivity index (χ0n) is 10.1. The fourth-order valence-corrected chi connectivity index (χ4v) is 1.61. The number of nitrogens with two attached hydrogens (primary N) is 1. The lowest BCUT2D eigenvalue weighted by Crippen LogP contribution is -2.27. The predicted octanol–water partition coefficient (Wildman–Crippen LogP) is 2.25. The monoisotopic (exact) mass is 221 g/mol. The van der Waals surface area contributed by atoms with Crippen LogP contribution < -0.4 is 10.5 Å². The number of carbonyl (C=O) groups is 1. The largest absolute Gasteiger partial charge is 0.497 e. The molecule has 1 aromatic rings. The Morgan fingerprint density at radius 1 is 1.31 bits per heavy atom. The molecular formula is C13H19NO2. The molecule has 2 N–H and O–H groups in total. The van der Waals surface area contributed by atoms with Crippen LogP contribution in [0.1, 0.15) is 30.6 Å². The number of methoxy groups -OCH3 is 1. The second-order valence-corrected chi connectivity index (χ2v) is 4.48. The number of ether oxygens (including phenoxy) is 1. The van der Waals surface area contributed by atoms with E-state index in [0.29, 0.717) is 18.5 Å². The fraction of sp³-hybridized carbons (Fsp3) is 0.462. The van der Waals surface area contributed by atoms with Crippen molar-refractivity contribution in [3.8, 4) is 5.75 Å². The Morgan fingerprint density at radius 2 is 1.88 bits per heavy atom. The van der Waals surface area contributed by atoms with Crippen molar-refractivity contribution in [1.82, 2.24) is 0 Å². The van der Waals surface area contributed by atoms with Gasteiger partial charge in [0.1, 0.15) is 5.75 Å². The summed E-state index contributed by atoms with van der Waals surface area (Å²) in [5.41, 5.74) is 5.81. The summed E-state index contributed by atoms with van der Waals surface area (Å²) < 4.78 is 5.05. The number of ketones is 1. The van der Waals surface area contributed by atoms with Crippen LogP contribution in [0.2, 0.25) is 0 Å². The molecule has 0 bridgehead atoms. The highest BCUT2D eigenvalue weighted by molar-refractivity contribution is 6.00. The van der Waals surface area contributed by atoms with Crippen molar-refractivity contribution in [2.24, 2.45) is 11.1 Å². The van der Waals surface area contributed by atoms with Crippen LogP contribution in [0.4, 0.5) is 0 Å². The van der Waals surface area contributed by atoms with Crippen molar-refractivity contribution in [3.05, 3.63) is 29.8 Å². The third-order valence-corrected chi connectivity index (χ3v) is 2.74. The van der Waals surface area contributed by atoms with Crippen LogP contribution >= 0.6 is 0 Å². The van der Waals surface area contributed by atoms with Crippen LogP contribution in [-0.2, 0) is 0 Å². The number of benzene rings is 1. The SMILES string of the molecule is COc1ccc(C(=O)C(C)(C)CCN)cc1. The number of hydrogen-bond acceptors (Lipinski definition) is 3. The topological polar surface area (TPSA) is 52.3 Å². The Kier molecular flexibility index (Phi) is 4.07. The standard InChI is InChI=1S/C13H19NO2/c1-13(2,8-9-14)12(15)10-4-6-11(16-3)7-5-10/h4-7H,8-9,14H2,1-3H3. The maximum absolute atomic E-state index is 12.2. The molecule has 0 heterocycles. The first-order valence-corrected chi connectivity index (χ1v) is 5.40. The summed E-state index contributed by atoms with van der Waals surface area (Å²) in [4.78, 5) is 12.2. The molecule has 0 saturated heterocycles. The zero-order chi connectivity index (χ0) is 12.2. The Hall–Kier alpha value is -1.35. The summed E-state index contributed by atoms with van der Waals surface area (Å²) in [5.74, 6) is 0.883. The van der Waals surface area contributed by atoms with Crippen molar-refractivity contribution in [2.45, 2.75) is 20.3 Å². The minimum absolute atomic E-state index is 0.126. The molecule has 16 heavy (non-hydrogen) atoms. The average Bonchev–Trinajstić information content (AvgIpc) is 2.28. The van der Waals surface area contributed by atoms with Gasteiger partial charge >= 0.3 is 0 Å². The lowest BCUT2D eigenvalue weighted by atomic mass is 9.81. The normalized spacial score (nSPS) is 11.2. The molecule has 0 aliphatic carbocycles. The van der Waals surface area contributed by atoms with Crippen LogP contribution in [0.15, 0.2) is 24.3 Å². The Bertz CT molecular complexity index is 355. The van der Waals surface area contributed by atoms with Gasteiger partial charge in [0.2, 0.25) is 0 Å². The summed E-state index contributed by atoms with van der Waals surface area (Å²) in [6, 6.07) is 7.18. The van der Waals surface area contributed by atoms with Gasteiger partial charge in [-0.2, -0.15) is 0 Å². The minimum atomic E-state index is -0.399. The molecule has 0 spiro atoms. The van der Waals surface area contributed by atoms with Gasteiger partial charge in [-0.15, -0.1) is 0 Å². The van der Waals surface area contributed by atoms with Gasteiger partial charge in [-0.3, -0.25) is 4.79 Å². The number of Topliss-reactive ketones (excluding diaryl/α,β-unsaturated/α-hetero) is 1.